The summed E-state index contributed by atoms with van der Waals surface area (Å²) in [5.74, 6) is 1.24. The molecule has 124 valence electrons. The summed E-state index contributed by atoms with van der Waals surface area (Å²) in [5.41, 5.74) is 0. The topological polar surface area (TPSA) is 47.6 Å². The van der Waals surface area contributed by atoms with Crippen LogP contribution >= 0.6 is 11.8 Å². The molecule has 1 aromatic carbocycles. The minimum Gasteiger partial charge on any atom is -0.497 e. The van der Waals surface area contributed by atoms with Gasteiger partial charge in [-0.2, -0.15) is 13.2 Å². The predicted octanol–water partition coefficient (Wildman–Crippen LogP) is 2.87. The minimum absolute atomic E-state index is 0.355. The molecular formula is C14H18F3NO3S. The van der Waals surface area contributed by atoms with Crippen molar-refractivity contribution in [2.24, 2.45) is 0 Å². The summed E-state index contributed by atoms with van der Waals surface area (Å²) >= 11 is 1.23. The van der Waals surface area contributed by atoms with Crippen molar-refractivity contribution in [3.8, 4) is 11.5 Å². The first kappa shape index (κ1) is 18.5. The van der Waals surface area contributed by atoms with Gasteiger partial charge >= 0.3 is 6.18 Å². The Morgan fingerprint density at radius 1 is 1.27 bits per heavy atom. The summed E-state index contributed by atoms with van der Waals surface area (Å²) in [6, 6.07) is 7.03. The highest BCUT2D eigenvalue weighted by atomic mass is 32.2. The van der Waals surface area contributed by atoms with Gasteiger partial charge in [-0.15, -0.1) is 11.8 Å². The number of ether oxygens (including phenoxy) is 2. The van der Waals surface area contributed by atoms with Crippen LogP contribution in [0.15, 0.2) is 24.3 Å². The molecule has 0 saturated carbocycles. The van der Waals surface area contributed by atoms with Crippen molar-refractivity contribution in [2.45, 2.75) is 18.3 Å². The standard InChI is InChI=1S/C14H18F3NO3S/c1-10(13(19)18-9-14(15,16)17)22-8-7-21-12-5-3-11(20-2)4-6-12/h3-6,10H,7-9H2,1-2H3,(H,18,19). The van der Waals surface area contributed by atoms with Crippen LogP contribution in [0.5, 0.6) is 11.5 Å². The molecule has 1 amide bonds. The van der Waals surface area contributed by atoms with E-state index in [1.165, 1.54) is 11.8 Å². The van der Waals surface area contributed by atoms with E-state index in [9.17, 15) is 18.0 Å². The summed E-state index contributed by atoms with van der Waals surface area (Å²) in [7, 11) is 1.57. The van der Waals surface area contributed by atoms with Gasteiger partial charge in [-0.3, -0.25) is 4.79 Å². The quantitative estimate of drug-likeness (QED) is 0.741. The lowest BCUT2D eigenvalue weighted by atomic mass is 10.3. The van der Waals surface area contributed by atoms with E-state index < -0.39 is 23.9 Å². The van der Waals surface area contributed by atoms with Gasteiger partial charge in [-0.1, -0.05) is 0 Å². The Labute approximate surface area is 131 Å². The molecule has 0 heterocycles. The fraction of sp³-hybridized carbons (Fsp3) is 0.500. The summed E-state index contributed by atoms with van der Waals surface area (Å²) < 4.78 is 46.4. The van der Waals surface area contributed by atoms with Gasteiger partial charge in [0.1, 0.15) is 18.0 Å². The summed E-state index contributed by atoms with van der Waals surface area (Å²) in [6.07, 6.45) is -4.39. The van der Waals surface area contributed by atoms with Gasteiger partial charge in [0.25, 0.3) is 0 Å². The Bertz CT molecular complexity index is 465. The first-order valence-electron chi connectivity index (χ1n) is 6.55. The predicted molar refractivity (Wildman–Crippen MR) is 79.5 cm³/mol. The maximum atomic E-state index is 12.0. The molecule has 1 rings (SSSR count). The number of nitrogens with one attached hydrogen (secondary N) is 1. The van der Waals surface area contributed by atoms with Gasteiger partial charge in [0.15, 0.2) is 0 Å². The monoisotopic (exact) mass is 337 g/mol. The van der Waals surface area contributed by atoms with Crippen LogP contribution in [0.2, 0.25) is 0 Å². The number of rotatable bonds is 8. The van der Waals surface area contributed by atoms with Crippen LogP contribution in [-0.4, -0.2) is 43.3 Å². The molecule has 1 atom stereocenters. The van der Waals surface area contributed by atoms with Crippen molar-refractivity contribution >= 4 is 17.7 Å². The molecule has 1 aromatic rings. The maximum Gasteiger partial charge on any atom is 0.405 e. The summed E-state index contributed by atoms with van der Waals surface area (Å²) in [6.45, 7) is 0.608. The lowest BCUT2D eigenvalue weighted by Gasteiger charge is -2.13. The zero-order chi connectivity index (χ0) is 16.6. The third-order valence-corrected chi connectivity index (χ3v) is 3.73. The van der Waals surface area contributed by atoms with Crippen LogP contribution in [0.1, 0.15) is 6.92 Å². The number of carbonyl (C=O) groups excluding carboxylic acids is 1. The molecule has 0 saturated heterocycles. The van der Waals surface area contributed by atoms with Gasteiger partial charge in [0, 0.05) is 5.75 Å². The van der Waals surface area contributed by atoms with Crippen molar-refractivity contribution in [1.82, 2.24) is 5.32 Å². The maximum absolute atomic E-state index is 12.0. The zero-order valence-electron chi connectivity index (χ0n) is 12.3. The first-order valence-corrected chi connectivity index (χ1v) is 7.59. The third kappa shape index (κ3) is 7.44. The lowest BCUT2D eigenvalue weighted by molar-refractivity contribution is -0.137. The van der Waals surface area contributed by atoms with Crippen molar-refractivity contribution in [3.63, 3.8) is 0 Å². The van der Waals surface area contributed by atoms with E-state index in [0.29, 0.717) is 18.1 Å². The Morgan fingerprint density at radius 2 is 1.86 bits per heavy atom. The summed E-state index contributed by atoms with van der Waals surface area (Å²) in [5, 5.41) is 1.29. The molecule has 0 aliphatic heterocycles. The number of alkyl halides is 3. The van der Waals surface area contributed by atoms with Gasteiger partial charge in [0.05, 0.1) is 19.0 Å². The summed E-state index contributed by atoms with van der Waals surface area (Å²) in [4.78, 5) is 11.4. The average Bonchev–Trinajstić information content (AvgIpc) is 2.48. The van der Waals surface area contributed by atoms with Crippen LogP contribution in [0.4, 0.5) is 13.2 Å². The Morgan fingerprint density at radius 3 is 2.41 bits per heavy atom. The Kier molecular flexibility index (Phi) is 7.37. The van der Waals surface area contributed by atoms with Gasteiger partial charge < -0.3 is 14.8 Å². The number of benzene rings is 1. The second kappa shape index (κ2) is 8.77. The molecular weight excluding hydrogens is 319 g/mol. The molecule has 0 aliphatic carbocycles. The van der Waals surface area contributed by atoms with Crippen molar-refractivity contribution < 1.29 is 27.4 Å². The molecule has 1 N–H and O–H groups in total. The van der Waals surface area contributed by atoms with Crippen LogP contribution < -0.4 is 14.8 Å². The Hall–Kier alpha value is -1.57. The highest BCUT2D eigenvalue weighted by molar-refractivity contribution is 8.00. The molecule has 0 fully saturated rings. The third-order valence-electron chi connectivity index (χ3n) is 2.61. The van der Waals surface area contributed by atoms with Crippen LogP contribution in [-0.2, 0) is 4.79 Å². The largest absolute Gasteiger partial charge is 0.497 e. The SMILES string of the molecule is COc1ccc(OCCSC(C)C(=O)NCC(F)(F)F)cc1. The molecule has 22 heavy (non-hydrogen) atoms. The molecule has 0 aliphatic rings. The van der Waals surface area contributed by atoms with E-state index in [1.807, 2.05) is 5.32 Å². The van der Waals surface area contributed by atoms with Gasteiger partial charge in [-0.05, 0) is 31.2 Å². The molecule has 0 spiro atoms. The number of carbonyl (C=O) groups is 1. The van der Waals surface area contributed by atoms with Crippen LogP contribution in [0, 0.1) is 0 Å². The fourth-order valence-electron chi connectivity index (χ4n) is 1.46. The van der Waals surface area contributed by atoms with Crippen LogP contribution in [0.3, 0.4) is 0 Å². The molecule has 8 heteroatoms. The van der Waals surface area contributed by atoms with Gasteiger partial charge in [-0.25, -0.2) is 0 Å². The number of amides is 1. The molecule has 0 bridgehead atoms. The number of hydrogen-bond donors (Lipinski definition) is 1. The van der Waals surface area contributed by atoms with Crippen molar-refractivity contribution in [1.29, 1.82) is 0 Å². The van der Waals surface area contributed by atoms with E-state index >= 15 is 0 Å². The minimum atomic E-state index is -4.39. The van der Waals surface area contributed by atoms with Crippen molar-refractivity contribution in [3.05, 3.63) is 24.3 Å². The Balaban J connectivity index is 2.21. The molecule has 0 radical (unpaired) electrons. The van der Waals surface area contributed by atoms with Gasteiger partial charge in [0.2, 0.25) is 5.91 Å². The molecule has 1 unspecified atom stereocenters. The number of halogens is 3. The van der Waals surface area contributed by atoms with E-state index in [0.717, 1.165) is 5.75 Å². The molecule has 0 aromatic heterocycles. The highest BCUT2D eigenvalue weighted by Crippen LogP contribution is 2.18. The first-order chi connectivity index (χ1) is 10.3. The van der Waals surface area contributed by atoms with Crippen molar-refractivity contribution in [2.75, 3.05) is 26.0 Å². The van der Waals surface area contributed by atoms with E-state index in [1.54, 1.807) is 38.3 Å². The fourth-order valence-corrected chi connectivity index (χ4v) is 2.23. The van der Waals surface area contributed by atoms with E-state index in [4.69, 9.17) is 9.47 Å². The average molecular weight is 337 g/mol. The lowest BCUT2D eigenvalue weighted by Crippen LogP contribution is -2.38. The van der Waals surface area contributed by atoms with E-state index in [-0.39, 0.29) is 0 Å². The number of hydrogen-bond acceptors (Lipinski definition) is 4. The number of methoxy groups -OCH3 is 1. The number of thioether (sulfide) groups is 1. The second-order valence-electron chi connectivity index (χ2n) is 4.37. The smallest absolute Gasteiger partial charge is 0.405 e. The van der Waals surface area contributed by atoms with Crippen LogP contribution in [0.25, 0.3) is 0 Å². The second-order valence-corrected chi connectivity index (χ2v) is 5.82. The molecule has 4 nitrogen and oxygen atoms in total. The highest BCUT2D eigenvalue weighted by Gasteiger charge is 2.28. The zero-order valence-corrected chi connectivity index (χ0v) is 13.1. The van der Waals surface area contributed by atoms with E-state index in [2.05, 4.69) is 0 Å². The normalized spacial score (nSPS) is 12.6.